The molecule has 2 aliphatic rings. The van der Waals surface area contributed by atoms with E-state index in [1.165, 1.54) is 6.33 Å². The zero-order chi connectivity index (χ0) is 12.3. The molecule has 3 heterocycles. The number of imidazole rings is 1. The molecule has 3 N–H and O–H groups in total. The van der Waals surface area contributed by atoms with Crippen molar-refractivity contribution in [1.82, 2.24) is 19.5 Å². The zero-order valence-corrected chi connectivity index (χ0v) is 9.60. The predicted molar refractivity (Wildman–Crippen MR) is 62.6 cm³/mol. The van der Waals surface area contributed by atoms with E-state index >= 15 is 0 Å². The highest BCUT2D eigenvalue weighted by Gasteiger charge is 2.54. The van der Waals surface area contributed by atoms with Crippen LogP contribution in [0.3, 0.4) is 0 Å². The third kappa shape index (κ3) is 1.12. The number of fused-ring (bicyclic) bond motifs is 2. The van der Waals surface area contributed by atoms with Crippen LogP contribution in [0.15, 0.2) is 12.7 Å². The molecule has 1 aliphatic carbocycles. The number of aliphatic hydroxyl groups excluding tert-OH is 1. The number of aromatic nitrogens is 4. The molecule has 1 aliphatic heterocycles. The summed E-state index contributed by atoms with van der Waals surface area (Å²) in [5.41, 5.74) is 7.02. The predicted octanol–water partition coefficient (Wildman–Crippen LogP) is -0.413. The van der Waals surface area contributed by atoms with Crippen LogP contribution < -0.4 is 5.73 Å². The molecule has 0 radical (unpaired) electrons. The van der Waals surface area contributed by atoms with E-state index in [1.807, 2.05) is 4.57 Å². The number of rotatable bonds is 1. The summed E-state index contributed by atoms with van der Waals surface area (Å²) >= 11 is 0. The molecule has 0 aromatic carbocycles. The van der Waals surface area contributed by atoms with Gasteiger partial charge >= 0.3 is 0 Å². The highest BCUT2D eigenvalue weighted by molar-refractivity contribution is 5.81. The fourth-order valence-corrected chi connectivity index (χ4v) is 3.11. The molecule has 7 heteroatoms. The number of nitrogen functional groups attached to an aromatic ring is 1. The molecule has 2 fully saturated rings. The fourth-order valence-electron chi connectivity index (χ4n) is 3.11. The van der Waals surface area contributed by atoms with Gasteiger partial charge in [0.2, 0.25) is 0 Å². The summed E-state index contributed by atoms with van der Waals surface area (Å²) in [4.78, 5) is 12.4. The average molecular weight is 247 g/mol. The molecular formula is C11H13N5O2. The van der Waals surface area contributed by atoms with Crippen molar-refractivity contribution in [2.45, 2.75) is 12.1 Å². The molecule has 94 valence electrons. The van der Waals surface area contributed by atoms with Crippen LogP contribution in [0.2, 0.25) is 0 Å². The summed E-state index contributed by atoms with van der Waals surface area (Å²) < 4.78 is 7.31. The SMILES string of the molecule is Nc1ncnc2c1ncn2[C@H]1[C@H](O)[C@@H]2COC[C@@H]21. The van der Waals surface area contributed by atoms with Crippen LogP contribution in [-0.4, -0.2) is 43.9 Å². The normalized spacial score (nSPS) is 34.5. The molecule has 2 aromatic heterocycles. The van der Waals surface area contributed by atoms with E-state index in [4.69, 9.17) is 10.5 Å². The third-order valence-electron chi connectivity index (χ3n) is 4.11. The second-order valence-corrected chi connectivity index (χ2v) is 4.93. The van der Waals surface area contributed by atoms with Crippen molar-refractivity contribution in [3.05, 3.63) is 12.7 Å². The molecule has 1 saturated heterocycles. The van der Waals surface area contributed by atoms with Crippen molar-refractivity contribution in [3.63, 3.8) is 0 Å². The third-order valence-corrected chi connectivity index (χ3v) is 4.11. The Morgan fingerprint density at radius 1 is 1.28 bits per heavy atom. The minimum atomic E-state index is -0.397. The molecule has 2 aromatic rings. The van der Waals surface area contributed by atoms with E-state index in [0.29, 0.717) is 36.1 Å². The Kier molecular flexibility index (Phi) is 1.93. The van der Waals surface area contributed by atoms with Crippen LogP contribution in [0.4, 0.5) is 5.82 Å². The zero-order valence-electron chi connectivity index (χ0n) is 9.60. The lowest BCUT2D eigenvalue weighted by atomic mass is 9.68. The van der Waals surface area contributed by atoms with Gasteiger partial charge in [0.1, 0.15) is 11.8 Å². The minimum absolute atomic E-state index is 0.0169. The molecule has 7 nitrogen and oxygen atoms in total. The number of hydrogen-bond acceptors (Lipinski definition) is 6. The van der Waals surface area contributed by atoms with Gasteiger partial charge in [0, 0.05) is 11.8 Å². The summed E-state index contributed by atoms with van der Waals surface area (Å²) in [5, 5.41) is 10.2. The van der Waals surface area contributed by atoms with Gasteiger partial charge in [-0.1, -0.05) is 0 Å². The lowest BCUT2D eigenvalue weighted by molar-refractivity contribution is -0.0639. The van der Waals surface area contributed by atoms with Crippen LogP contribution >= 0.6 is 0 Å². The van der Waals surface area contributed by atoms with E-state index in [1.54, 1.807) is 6.33 Å². The van der Waals surface area contributed by atoms with Crippen LogP contribution in [-0.2, 0) is 4.74 Å². The van der Waals surface area contributed by atoms with Gasteiger partial charge in [0.15, 0.2) is 11.5 Å². The fraction of sp³-hybridized carbons (Fsp3) is 0.545. The van der Waals surface area contributed by atoms with Gasteiger partial charge in [0.05, 0.1) is 31.7 Å². The van der Waals surface area contributed by atoms with Gasteiger partial charge in [0.25, 0.3) is 0 Å². The Morgan fingerprint density at radius 3 is 3.00 bits per heavy atom. The first-order chi connectivity index (χ1) is 8.77. The lowest BCUT2D eigenvalue weighted by Gasteiger charge is -2.44. The Labute approximate surface area is 103 Å². The van der Waals surface area contributed by atoms with Crippen LogP contribution in [0.1, 0.15) is 6.04 Å². The molecule has 4 rings (SSSR count). The molecular weight excluding hydrogens is 234 g/mol. The Morgan fingerprint density at radius 2 is 2.11 bits per heavy atom. The van der Waals surface area contributed by atoms with Crippen LogP contribution in [0.25, 0.3) is 11.2 Å². The number of nitrogens with two attached hydrogens (primary N) is 1. The second-order valence-electron chi connectivity index (χ2n) is 4.93. The van der Waals surface area contributed by atoms with Crippen molar-refractivity contribution in [2.75, 3.05) is 18.9 Å². The number of nitrogens with zero attached hydrogens (tertiary/aromatic N) is 4. The molecule has 0 amide bonds. The standard InChI is InChI=1S/C11H13N5O2/c12-10-7-11(14-3-13-10)16(4-15-7)8-5-1-18-2-6(5)9(8)17/h3-6,8-9,17H,1-2H2,(H2,12,13,14)/t5-,6+,8+,9+/m0/s1. The first kappa shape index (κ1) is 10.2. The average Bonchev–Trinajstić information content (AvgIpc) is 2.96. The van der Waals surface area contributed by atoms with Crippen molar-refractivity contribution < 1.29 is 9.84 Å². The topological polar surface area (TPSA) is 99.1 Å². The maximum atomic E-state index is 10.2. The molecule has 0 unspecified atom stereocenters. The van der Waals surface area contributed by atoms with Gasteiger partial charge in [-0.2, -0.15) is 0 Å². The van der Waals surface area contributed by atoms with Crippen molar-refractivity contribution in [3.8, 4) is 0 Å². The maximum Gasteiger partial charge on any atom is 0.165 e. The van der Waals surface area contributed by atoms with Gasteiger partial charge < -0.3 is 20.1 Å². The van der Waals surface area contributed by atoms with E-state index in [9.17, 15) is 5.11 Å². The molecule has 0 bridgehead atoms. The first-order valence-electron chi connectivity index (χ1n) is 5.96. The Hall–Kier alpha value is -1.73. The molecule has 4 atom stereocenters. The van der Waals surface area contributed by atoms with Crippen molar-refractivity contribution >= 4 is 17.0 Å². The highest BCUT2D eigenvalue weighted by atomic mass is 16.5. The molecule has 0 spiro atoms. The smallest absolute Gasteiger partial charge is 0.165 e. The van der Waals surface area contributed by atoms with Gasteiger partial charge in [-0.05, 0) is 0 Å². The van der Waals surface area contributed by atoms with Crippen molar-refractivity contribution in [2.24, 2.45) is 11.8 Å². The Balaban J connectivity index is 1.81. The summed E-state index contributed by atoms with van der Waals surface area (Å²) in [6, 6.07) is -0.0169. The highest BCUT2D eigenvalue weighted by Crippen LogP contribution is 2.48. The summed E-state index contributed by atoms with van der Waals surface area (Å²) in [6.07, 6.45) is 2.70. The monoisotopic (exact) mass is 247 g/mol. The quantitative estimate of drug-likeness (QED) is 0.710. The summed E-state index contributed by atoms with van der Waals surface area (Å²) in [5.74, 6) is 0.951. The van der Waals surface area contributed by atoms with Gasteiger partial charge in [-0.25, -0.2) is 15.0 Å². The minimum Gasteiger partial charge on any atom is -0.391 e. The Bertz CT molecular complexity index is 612. The van der Waals surface area contributed by atoms with Gasteiger partial charge in [-0.15, -0.1) is 0 Å². The summed E-state index contributed by atoms with van der Waals surface area (Å²) in [7, 11) is 0. The van der Waals surface area contributed by atoms with Crippen LogP contribution in [0.5, 0.6) is 0 Å². The van der Waals surface area contributed by atoms with E-state index in [2.05, 4.69) is 15.0 Å². The maximum absolute atomic E-state index is 10.2. The number of ether oxygens (including phenoxy) is 1. The van der Waals surface area contributed by atoms with Crippen LogP contribution in [0, 0.1) is 11.8 Å². The van der Waals surface area contributed by atoms with E-state index in [-0.39, 0.29) is 12.0 Å². The molecule has 18 heavy (non-hydrogen) atoms. The first-order valence-corrected chi connectivity index (χ1v) is 5.96. The van der Waals surface area contributed by atoms with Gasteiger partial charge in [-0.3, -0.25) is 0 Å². The largest absolute Gasteiger partial charge is 0.391 e. The summed E-state index contributed by atoms with van der Waals surface area (Å²) in [6.45, 7) is 1.33. The lowest BCUT2D eigenvalue weighted by Crippen LogP contribution is -2.51. The van der Waals surface area contributed by atoms with E-state index < -0.39 is 6.10 Å². The van der Waals surface area contributed by atoms with Crippen molar-refractivity contribution in [1.29, 1.82) is 0 Å². The number of hydrogen-bond donors (Lipinski definition) is 2. The van der Waals surface area contributed by atoms with E-state index in [0.717, 1.165) is 0 Å². The second kappa shape index (κ2) is 3.39. The number of anilines is 1. The molecule has 1 saturated carbocycles. The number of aliphatic hydroxyl groups is 1.